The van der Waals surface area contributed by atoms with Crippen LogP contribution in [-0.2, 0) is 4.74 Å². The normalized spacial score (nSPS) is 12.5. The molecule has 0 aliphatic rings. The number of hydrogen-bond acceptors (Lipinski definition) is 4. The van der Waals surface area contributed by atoms with E-state index in [-0.39, 0.29) is 6.04 Å². The maximum atomic E-state index is 5.61. The molecule has 0 aliphatic heterocycles. The highest BCUT2D eigenvalue weighted by Gasteiger charge is 2.12. The summed E-state index contributed by atoms with van der Waals surface area (Å²) < 4.78 is 6.91. The minimum atomic E-state index is 0.104. The van der Waals surface area contributed by atoms with Gasteiger partial charge in [-0.15, -0.1) is 0 Å². The predicted molar refractivity (Wildman–Crippen MR) is 74.7 cm³/mol. The molecule has 1 aromatic heterocycles. The van der Waals surface area contributed by atoms with Crippen LogP contribution >= 0.6 is 0 Å². The monoisotopic (exact) mass is 260 g/mol. The van der Waals surface area contributed by atoms with Crippen LogP contribution in [-0.4, -0.2) is 23.5 Å². The Morgan fingerprint density at radius 2 is 2.16 bits per heavy atom. The fraction of sp³-hybridized carbons (Fsp3) is 0.357. The van der Waals surface area contributed by atoms with Crippen LogP contribution in [0, 0.1) is 0 Å². The molecule has 1 heterocycles. The number of ether oxygens (including phenoxy) is 1. The first-order chi connectivity index (χ1) is 9.35. The first-order valence-electron chi connectivity index (χ1n) is 6.40. The standard InChI is InChI=1S/C14H20N4O/c1-19-9-5-8-14(17-15)12-10-16-18(11-12)13-6-3-2-4-7-13/h2-4,6-7,10-11,14,17H,5,8-9,15H2,1H3. The summed E-state index contributed by atoms with van der Waals surface area (Å²) in [5, 5.41) is 4.37. The van der Waals surface area contributed by atoms with E-state index in [4.69, 9.17) is 10.6 Å². The Morgan fingerprint density at radius 1 is 1.37 bits per heavy atom. The summed E-state index contributed by atoms with van der Waals surface area (Å²) in [5.74, 6) is 5.61. The van der Waals surface area contributed by atoms with Crippen molar-refractivity contribution in [2.45, 2.75) is 18.9 Å². The summed E-state index contributed by atoms with van der Waals surface area (Å²) >= 11 is 0. The number of nitrogens with zero attached hydrogens (tertiary/aromatic N) is 2. The van der Waals surface area contributed by atoms with Gasteiger partial charge in [0.05, 0.1) is 11.9 Å². The van der Waals surface area contributed by atoms with Crippen LogP contribution in [0.2, 0.25) is 0 Å². The number of nitrogens with one attached hydrogen (secondary N) is 1. The molecule has 0 radical (unpaired) electrons. The largest absolute Gasteiger partial charge is 0.385 e. The molecular weight excluding hydrogens is 240 g/mol. The molecular formula is C14H20N4O. The van der Waals surface area contributed by atoms with Crippen molar-refractivity contribution in [3.63, 3.8) is 0 Å². The van der Waals surface area contributed by atoms with Crippen LogP contribution < -0.4 is 11.3 Å². The Hall–Kier alpha value is -1.69. The van der Waals surface area contributed by atoms with Gasteiger partial charge in [0.25, 0.3) is 0 Å². The topological polar surface area (TPSA) is 65.1 Å². The smallest absolute Gasteiger partial charge is 0.0645 e. The van der Waals surface area contributed by atoms with E-state index in [0.717, 1.165) is 30.7 Å². The zero-order valence-corrected chi connectivity index (χ0v) is 11.1. The van der Waals surface area contributed by atoms with Gasteiger partial charge in [0.2, 0.25) is 0 Å². The molecule has 1 atom stereocenters. The highest BCUT2D eigenvalue weighted by Crippen LogP contribution is 2.18. The van der Waals surface area contributed by atoms with Gasteiger partial charge in [0.1, 0.15) is 0 Å². The fourth-order valence-corrected chi connectivity index (χ4v) is 2.02. The molecule has 1 unspecified atom stereocenters. The quantitative estimate of drug-likeness (QED) is 0.452. The zero-order valence-electron chi connectivity index (χ0n) is 11.1. The number of para-hydroxylation sites is 1. The van der Waals surface area contributed by atoms with Crippen molar-refractivity contribution < 1.29 is 4.74 Å². The summed E-state index contributed by atoms with van der Waals surface area (Å²) in [6.07, 6.45) is 5.74. The summed E-state index contributed by atoms with van der Waals surface area (Å²) in [5.41, 5.74) is 4.96. The Kier molecular flexibility index (Phi) is 5.09. The van der Waals surface area contributed by atoms with E-state index in [1.165, 1.54) is 0 Å². The van der Waals surface area contributed by atoms with Crippen LogP contribution in [0.25, 0.3) is 5.69 Å². The Labute approximate surface area is 113 Å². The first-order valence-corrected chi connectivity index (χ1v) is 6.40. The molecule has 3 N–H and O–H groups in total. The molecule has 1 aromatic carbocycles. The van der Waals surface area contributed by atoms with Gasteiger partial charge < -0.3 is 4.74 Å². The third-order valence-electron chi connectivity index (χ3n) is 3.07. The summed E-state index contributed by atoms with van der Waals surface area (Å²) in [6.45, 7) is 0.741. The van der Waals surface area contributed by atoms with E-state index in [1.54, 1.807) is 7.11 Å². The third kappa shape index (κ3) is 3.64. The molecule has 19 heavy (non-hydrogen) atoms. The van der Waals surface area contributed by atoms with Crippen LogP contribution in [0.15, 0.2) is 42.7 Å². The number of rotatable bonds is 7. The van der Waals surface area contributed by atoms with Gasteiger partial charge in [-0.25, -0.2) is 4.68 Å². The van der Waals surface area contributed by atoms with Gasteiger partial charge in [-0.2, -0.15) is 5.10 Å². The molecule has 0 bridgehead atoms. The Bertz CT molecular complexity index is 483. The van der Waals surface area contributed by atoms with Gasteiger partial charge in [-0.3, -0.25) is 11.3 Å². The first kappa shape index (κ1) is 13.7. The SMILES string of the molecule is COCCCC(NN)c1cnn(-c2ccccc2)c1. The van der Waals surface area contributed by atoms with Crippen molar-refractivity contribution in [2.24, 2.45) is 5.84 Å². The van der Waals surface area contributed by atoms with E-state index in [2.05, 4.69) is 10.5 Å². The Balaban J connectivity index is 2.06. The molecule has 0 fully saturated rings. The molecule has 2 rings (SSSR count). The second-order valence-corrected chi connectivity index (χ2v) is 4.41. The molecule has 0 amide bonds. The van der Waals surface area contributed by atoms with Crippen molar-refractivity contribution >= 4 is 0 Å². The molecule has 2 aromatic rings. The highest BCUT2D eigenvalue weighted by atomic mass is 16.5. The van der Waals surface area contributed by atoms with Crippen LogP contribution in [0.1, 0.15) is 24.4 Å². The lowest BCUT2D eigenvalue weighted by atomic mass is 10.1. The van der Waals surface area contributed by atoms with Crippen molar-refractivity contribution in [1.82, 2.24) is 15.2 Å². The van der Waals surface area contributed by atoms with E-state index in [0.29, 0.717) is 0 Å². The van der Waals surface area contributed by atoms with Gasteiger partial charge >= 0.3 is 0 Å². The molecule has 0 saturated carbocycles. The van der Waals surface area contributed by atoms with Gasteiger partial charge in [-0.1, -0.05) is 18.2 Å². The van der Waals surface area contributed by atoms with Crippen molar-refractivity contribution in [3.05, 3.63) is 48.3 Å². The minimum absolute atomic E-state index is 0.104. The summed E-state index contributed by atoms with van der Waals surface area (Å²) in [7, 11) is 1.71. The van der Waals surface area contributed by atoms with Crippen LogP contribution in [0.5, 0.6) is 0 Å². The number of nitrogens with two attached hydrogens (primary N) is 1. The maximum absolute atomic E-state index is 5.61. The van der Waals surface area contributed by atoms with E-state index >= 15 is 0 Å². The fourth-order valence-electron chi connectivity index (χ4n) is 2.02. The number of methoxy groups -OCH3 is 1. The summed E-state index contributed by atoms with van der Waals surface area (Å²) in [6, 6.07) is 10.1. The van der Waals surface area contributed by atoms with E-state index < -0.39 is 0 Å². The average Bonchev–Trinajstić information content (AvgIpc) is 2.94. The second-order valence-electron chi connectivity index (χ2n) is 4.41. The number of hydrogen-bond donors (Lipinski definition) is 2. The number of hydrazine groups is 1. The van der Waals surface area contributed by atoms with Crippen LogP contribution in [0.4, 0.5) is 0 Å². The van der Waals surface area contributed by atoms with Crippen molar-refractivity contribution in [2.75, 3.05) is 13.7 Å². The molecule has 0 aliphatic carbocycles. The maximum Gasteiger partial charge on any atom is 0.0645 e. The van der Waals surface area contributed by atoms with Gasteiger partial charge in [0, 0.05) is 31.5 Å². The number of benzene rings is 1. The van der Waals surface area contributed by atoms with Crippen molar-refractivity contribution in [3.8, 4) is 5.69 Å². The van der Waals surface area contributed by atoms with E-state index in [9.17, 15) is 0 Å². The predicted octanol–water partition coefficient (Wildman–Crippen LogP) is 1.80. The third-order valence-corrected chi connectivity index (χ3v) is 3.07. The lowest BCUT2D eigenvalue weighted by Crippen LogP contribution is -2.28. The molecule has 0 saturated heterocycles. The lowest BCUT2D eigenvalue weighted by molar-refractivity contribution is 0.189. The highest BCUT2D eigenvalue weighted by molar-refractivity contribution is 5.31. The number of aromatic nitrogens is 2. The minimum Gasteiger partial charge on any atom is -0.385 e. The molecule has 0 spiro atoms. The lowest BCUT2D eigenvalue weighted by Gasteiger charge is -2.13. The average molecular weight is 260 g/mol. The molecule has 5 heteroatoms. The summed E-state index contributed by atoms with van der Waals surface area (Å²) in [4.78, 5) is 0. The molecule has 5 nitrogen and oxygen atoms in total. The van der Waals surface area contributed by atoms with E-state index in [1.807, 2.05) is 47.4 Å². The zero-order chi connectivity index (χ0) is 13.5. The second kappa shape index (κ2) is 7.04. The van der Waals surface area contributed by atoms with Gasteiger partial charge in [-0.05, 0) is 25.0 Å². The Morgan fingerprint density at radius 3 is 2.84 bits per heavy atom. The van der Waals surface area contributed by atoms with Gasteiger partial charge in [0.15, 0.2) is 0 Å². The van der Waals surface area contributed by atoms with Crippen molar-refractivity contribution in [1.29, 1.82) is 0 Å². The molecule has 102 valence electrons. The van der Waals surface area contributed by atoms with Crippen LogP contribution in [0.3, 0.4) is 0 Å².